The Morgan fingerprint density at radius 2 is 1.90 bits per heavy atom. The summed E-state index contributed by atoms with van der Waals surface area (Å²) >= 11 is 0. The van der Waals surface area contributed by atoms with Gasteiger partial charge in [-0.15, -0.1) is 0 Å². The average molecular weight is 287 g/mol. The first-order valence-corrected chi connectivity index (χ1v) is 5.93. The molecule has 0 heterocycles. The van der Waals surface area contributed by atoms with Crippen LogP contribution in [0.1, 0.15) is 34.1 Å². The highest BCUT2D eigenvalue weighted by molar-refractivity contribution is 5.98. The summed E-state index contributed by atoms with van der Waals surface area (Å²) in [5.74, 6) is -2.13. The fourth-order valence-electron chi connectivity index (χ4n) is 1.67. The van der Waals surface area contributed by atoms with Crippen molar-refractivity contribution in [1.29, 1.82) is 0 Å². The van der Waals surface area contributed by atoms with Gasteiger partial charge in [0, 0.05) is 19.2 Å². The molecule has 0 aliphatic heterocycles. The van der Waals surface area contributed by atoms with Crippen LogP contribution >= 0.6 is 0 Å². The molecule has 0 atom stereocenters. The lowest BCUT2D eigenvalue weighted by Crippen LogP contribution is -2.27. The zero-order valence-corrected chi connectivity index (χ0v) is 11.1. The van der Waals surface area contributed by atoms with Crippen molar-refractivity contribution >= 4 is 11.9 Å². The van der Waals surface area contributed by atoms with Crippen molar-refractivity contribution in [1.82, 2.24) is 4.90 Å². The van der Waals surface area contributed by atoms with Crippen LogP contribution in [-0.2, 0) is 0 Å². The van der Waals surface area contributed by atoms with Gasteiger partial charge < -0.3 is 14.7 Å². The molecule has 1 aromatic rings. The van der Waals surface area contributed by atoms with Crippen molar-refractivity contribution in [2.24, 2.45) is 0 Å². The number of halogens is 2. The molecule has 7 heteroatoms. The van der Waals surface area contributed by atoms with Crippen molar-refractivity contribution in [3.8, 4) is 5.75 Å². The van der Waals surface area contributed by atoms with Crippen molar-refractivity contribution in [2.45, 2.75) is 20.0 Å². The first-order chi connectivity index (χ1) is 9.35. The Hall–Kier alpha value is -2.18. The summed E-state index contributed by atoms with van der Waals surface area (Å²) in [6.07, 6.45) is 0.723. The lowest BCUT2D eigenvalue weighted by atomic mass is 10.1. The minimum atomic E-state index is -3.09. The summed E-state index contributed by atoms with van der Waals surface area (Å²) in [5, 5.41) is 8.92. The largest absolute Gasteiger partial charge is 0.478 e. The summed E-state index contributed by atoms with van der Waals surface area (Å²) in [5.41, 5.74) is -0.284. The molecule has 0 bridgehead atoms. The maximum absolute atomic E-state index is 12.2. The quantitative estimate of drug-likeness (QED) is 0.872. The number of ether oxygens (including phenoxy) is 1. The third-order valence-electron chi connectivity index (χ3n) is 2.53. The van der Waals surface area contributed by atoms with Crippen molar-refractivity contribution in [2.75, 3.05) is 13.6 Å². The van der Waals surface area contributed by atoms with Gasteiger partial charge in [0.1, 0.15) is 5.75 Å². The van der Waals surface area contributed by atoms with Gasteiger partial charge in [-0.2, -0.15) is 8.78 Å². The number of amides is 1. The van der Waals surface area contributed by atoms with Crippen LogP contribution in [0.2, 0.25) is 0 Å². The van der Waals surface area contributed by atoms with E-state index in [-0.39, 0.29) is 16.9 Å². The molecule has 0 spiro atoms. The van der Waals surface area contributed by atoms with E-state index >= 15 is 0 Å². The third kappa shape index (κ3) is 4.18. The topological polar surface area (TPSA) is 66.8 Å². The van der Waals surface area contributed by atoms with Gasteiger partial charge in [-0.1, -0.05) is 6.92 Å². The lowest BCUT2D eigenvalue weighted by Gasteiger charge is -2.17. The zero-order valence-electron chi connectivity index (χ0n) is 11.1. The molecule has 1 aromatic carbocycles. The summed E-state index contributed by atoms with van der Waals surface area (Å²) < 4.78 is 28.6. The normalized spacial score (nSPS) is 10.4. The van der Waals surface area contributed by atoms with E-state index < -0.39 is 18.5 Å². The minimum Gasteiger partial charge on any atom is -0.478 e. The van der Waals surface area contributed by atoms with Crippen molar-refractivity contribution in [3.05, 3.63) is 29.3 Å². The van der Waals surface area contributed by atoms with Gasteiger partial charge in [0.2, 0.25) is 0 Å². The molecule has 0 fully saturated rings. The molecule has 110 valence electrons. The number of carboxylic acids is 1. The van der Waals surface area contributed by atoms with E-state index in [1.54, 1.807) is 7.05 Å². The molecule has 5 nitrogen and oxygen atoms in total. The summed E-state index contributed by atoms with van der Waals surface area (Å²) in [6.45, 7) is -0.736. The number of carboxylic acid groups (broad SMARTS) is 1. The molecule has 0 aromatic heterocycles. The number of benzene rings is 1. The summed E-state index contributed by atoms with van der Waals surface area (Å²) in [6, 6.07) is 3.19. The molecule has 0 unspecified atom stereocenters. The predicted octanol–water partition coefficient (Wildman–Crippen LogP) is 2.47. The number of alkyl halides is 2. The highest BCUT2D eigenvalue weighted by atomic mass is 19.3. The van der Waals surface area contributed by atoms with Crippen LogP contribution in [0.15, 0.2) is 18.2 Å². The number of nitrogens with zero attached hydrogens (tertiary/aromatic N) is 1. The van der Waals surface area contributed by atoms with Gasteiger partial charge in [-0.25, -0.2) is 4.79 Å². The smallest absolute Gasteiger partial charge is 0.387 e. The van der Waals surface area contributed by atoms with E-state index in [4.69, 9.17) is 5.11 Å². The van der Waals surface area contributed by atoms with Crippen LogP contribution in [0.25, 0.3) is 0 Å². The van der Waals surface area contributed by atoms with Gasteiger partial charge in [0.05, 0.1) is 5.56 Å². The first-order valence-electron chi connectivity index (χ1n) is 5.93. The number of carbonyl (C=O) groups excluding carboxylic acids is 1. The molecular formula is C13H15F2NO4. The minimum absolute atomic E-state index is 0.00324. The van der Waals surface area contributed by atoms with Crippen LogP contribution in [0, 0.1) is 0 Å². The van der Waals surface area contributed by atoms with Gasteiger partial charge >= 0.3 is 12.6 Å². The van der Waals surface area contributed by atoms with E-state index in [9.17, 15) is 18.4 Å². The Bertz CT molecular complexity index is 505. The van der Waals surface area contributed by atoms with Gasteiger partial charge in [-0.3, -0.25) is 4.79 Å². The zero-order chi connectivity index (χ0) is 15.3. The lowest BCUT2D eigenvalue weighted by molar-refractivity contribution is -0.0499. The van der Waals surface area contributed by atoms with E-state index in [1.807, 2.05) is 6.92 Å². The molecule has 20 heavy (non-hydrogen) atoms. The van der Waals surface area contributed by atoms with Crippen molar-refractivity contribution in [3.63, 3.8) is 0 Å². The Morgan fingerprint density at radius 3 is 2.40 bits per heavy atom. The molecule has 1 N–H and O–H groups in total. The molecular weight excluding hydrogens is 272 g/mol. The molecule has 0 aliphatic carbocycles. The maximum atomic E-state index is 12.2. The third-order valence-corrected chi connectivity index (χ3v) is 2.53. The van der Waals surface area contributed by atoms with Gasteiger partial charge in [0.25, 0.3) is 5.91 Å². The Labute approximate surface area is 114 Å². The number of hydrogen-bond acceptors (Lipinski definition) is 3. The molecule has 0 aliphatic rings. The molecule has 0 saturated carbocycles. The first kappa shape index (κ1) is 15.9. The van der Waals surface area contributed by atoms with Crippen LogP contribution in [-0.4, -0.2) is 42.1 Å². The number of aromatic carboxylic acids is 1. The van der Waals surface area contributed by atoms with E-state index in [0.29, 0.717) is 6.54 Å². The van der Waals surface area contributed by atoms with E-state index in [0.717, 1.165) is 24.6 Å². The SMILES string of the molecule is CCCN(C)C(=O)c1cc(OC(F)F)cc(C(=O)O)c1. The Morgan fingerprint density at radius 1 is 1.30 bits per heavy atom. The maximum Gasteiger partial charge on any atom is 0.387 e. The van der Waals surface area contributed by atoms with Crippen LogP contribution in [0.4, 0.5) is 8.78 Å². The van der Waals surface area contributed by atoms with E-state index in [2.05, 4.69) is 4.74 Å². The van der Waals surface area contributed by atoms with Gasteiger partial charge in [0.15, 0.2) is 0 Å². The predicted molar refractivity (Wildman–Crippen MR) is 67.3 cm³/mol. The monoisotopic (exact) mass is 287 g/mol. The second-order valence-corrected chi connectivity index (χ2v) is 4.16. The highest BCUT2D eigenvalue weighted by Crippen LogP contribution is 2.20. The fourth-order valence-corrected chi connectivity index (χ4v) is 1.67. The standard InChI is InChI=1S/C13H15F2NO4/c1-3-4-16(2)11(17)8-5-9(12(18)19)7-10(6-8)20-13(14)15/h5-7,13H,3-4H2,1-2H3,(H,18,19). The Balaban J connectivity index is 3.14. The number of rotatable bonds is 6. The van der Waals surface area contributed by atoms with Crippen molar-refractivity contribution < 1.29 is 28.2 Å². The second-order valence-electron chi connectivity index (χ2n) is 4.16. The van der Waals surface area contributed by atoms with Crippen LogP contribution in [0.5, 0.6) is 5.75 Å². The fraction of sp³-hybridized carbons (Fsp3) is 0.385. The molecule has 1 rings (SSSR count). The second kappa shape index (κ2) is 6.83. The Kier molecular flexibility index (Phi) is 5.42. The van der Waals surface area contributed by atoms with E-state index in [1.165, 1.54) is 4.90 Å². The van der Waals surface area contributed by atoms with Crippen LogP contribution < -0.4 is 4.74 Å². The van der Waals surface area contributed by atoms with Crippen LogP contribution in [0.3, 0.4) is 0 Å². The molecule has 1 amide bonds. The van der Waals surface area contributed by atoms with Gasteiger partial charge in [-0.05, 0) is 24.6 Å². The number of carbonyl (C=O) groups is 2. The number of hydrogen-bond donors (Lipinski definition) is 1. The summed E-state index contributed by atoms with van der Waals surface area (Å²) in [7, 11) is 1.55. The molecule has 0 radical (unpaired) electrons. The molecule has 0 saturated heterocycles. The summed E-state index contributed by atoms with van der Waals surface area (Å²) in [4.78, 5) is 24.4. The highest BCUT2D eigenvalue weighted by Gasteiger charge is 2.17. The average Bonchev–Trinajstić information content (AvgIpc) is 2.36.